The second-order valence-electron chi connectivity index (χ2n) is 3.03. The fraction of sp³-hybridized carbons (Fsp3) is 0.444. The minimum absolute atomic E-state index is 1.05. The summed E-state index contributed by atoms with van der Waals surface area (Å²) in [5.74, 6) is 1.11. The van der Waals surface area contributed by atoms with E-state index in [0.29, 0.717) is 0 Å². The molecule has 92 valence electrons. The number of nitrogens with zero attached hydrogens (tertiary/aromatic N) is 2. The lowest BCUT2D eigenvalue weighted by atomic mass is 10.2. The number of hydrogen-bond acceptors (Lipinski definition) is 1. The SMILES string of the molecule is C=Cn1ccnc1CCCC.F[B-](F)(F)F. The van der Waals surface area contributed by atoms with Crippen molar-refractivity contribution in [3.63, 3.8) is 0 Å². The molecule has 0 saturated carbocycles. The minimum Gasteiger partial charge on any atom is -0.418 e. The van der Waals surface area contributed by atoms with E-state index >= 15 is 0 Å². The van der Waals surface area contributed by atoms with Crippen LogP contribution >= 0.6 is 0 Å². The number of unbranched alkanes of at least 4 members (excludes halogenated alkanes) is 1. The first-order chi connectivity index (χ1) is 7.38. The number of halogens is 4. The van der Waals surface area contributed by atoms with Crippen molar-refractivity contribution in [2.75, 3.05) is 0 Å². The molecular formula is C9H14BF4N2-. The van der Waals surface area contributed by atoms with Crippen molar-refractivity contribution in [1.29, 1.82) is 0 Å². The lowest BCUT2D eigenvalue weighted by molar-refractivity contribution is 0.368. The molecule has 1 rings (SSSR count). The van der Waals surface area contributed by atoms with E-state index in [1.54, 1.807) is 6.20 Å². The van der Waals surface area contributed by atoms with E-state index in [1.807, 2.05) is 17.0 Å². The first kappa shape index (κ1) is 14.7. The van der Waals surface area contributed by atoms with Gasteiger partial charge in [0, 0.05) is 25.0 Å². The molecule has 0 bridgehead atoms. The third-order valence-electron chi connectivity index (χ3n) is 1.70. The molecule has 0 saturated heterocycles. The molecule has 0 aromatic carbocycles. The van der Waals surface area contributed by atoms with Gasteiger partial charge in [0.05, 0.1) is 0 Å². The highest BCUT2D eigenvalue weighted by atomic mass is 19.5. The largest absolute Gasteiger partial charge is 0.673 e. The summed E-state index contributed by atoms with van der Waals surface area (Å²) in [5, 5.41) is 0. The van der Waals surface area contributed by atoms with Gasteiger partial charge in [0.25, 0.3) is 0 Å². The molecule has 0 unspecified atom stereocenters. The number of imidazole rings is 1. The van der Waals surface area contributed by atoms with Crippen LogP contribution in [0.4, 0.5) is 17.3 Å². The monoisotopic (exact) mass is 237 g/mol. The van der Waals surface area contributed by atoms with Crippen molar-refractivity contribution in [1.82, 2.24) is 9.55 Å². The first-order valence-corrected chi connectivity index (χ1v) is 4.90. The summed E-state index contributed by atoms with van der Waals surface area (Å²) in [5.41, 5.74) is 0. The van der Waals surface area contributed by atoms with E-state index in [1.165, 1.54) is 12.8 Å². The summed E-state index contributed by atoms with van der Waals surface area (Å²) < 4.78 is 41.0. The van der Waals surface area contributed by atoms with Gasteiger partial charge in [-0.15, -0.1) is 0 Å². The zero-order chi connectivity index (χ0) is 12.6. The van der Waals surface area contributed by atoms with Gasteiger partial charge in [-0.25, -0.2) is 4.98 Å². The Morgan fingerprint density at radius 1 is 1.44 bits per heavy atom. The van der Waals surface area contributed by atoms with Crippen LogP contribution in [0.5, 0.6) is 0 Å². The molecule has 0 amide bonds. The molecule has 0 aliphatic rings. The smallest absolute Gasteiger partial charge is 0.418 e. The highest BCUT2D eigenvalue weighted by Crippen LogP contribution is 2.06. The predicted molar refractivity (Wildman–Crippen MR) is 57.4 cm³/mol. The van der Waals surface area contributed by atoms with E-state index in [-0.39, 0.29) is 0 Å². The summed E-state index contributed by atoms with van der Waals surface area (Å²) in [6, 6.07) is 0. The Hall–Kier alpha value is -1.27. The molecule has 0 N–H and O–H groups in total. The zero-order valence-electron chi connectivity index (χ0n) is 9.04. The van der Waals surface area contributed by atoms with Crippen LogP contribution in [0, 0.1) is 0 Å². The standard InChI is InChI=1S/C9H14N2.BF4/c1-3-5-6-9-10-7-8-11(9)4-2;2-1(3,4)5/h4,7-8H,2-3,5-6H2,1H3;/q;-1. The van der Waals surface area contributed by atoms with Gasteiger partial charge in [-0.2, -0.15) is 0 Å². The summed E-state index contributed by atoms with van der Waals surface area (Å²) in [4.78, 5) is 4.22. The average molecular weight is 237 g/mol. The van der Waals surface area contributed by atoms with Crippen molar-refractivity contribution >= 4 is 13.5 Å². The zero-order valence-corrected chi connectivity index (χ0v) is 9.04. The number of hydrogen-bond donors (Lipinski definition) is 0. The van der Waals surface area contributed by atoms with Crippen LogP contribution < -0.4 is 0 Å². The molecule has 1 aromatic rings. The first-order valence-electron chi connectivity index (χ1n) is 4.90. The van der Waals surface area contributed by atoms with Gasteiger partial charge >= 0.3 is 7.25 Å². The number of aryl methyl sites for hydroxylation is 1. The third kappa shape index (κ3) is 8.08. The lowest BCUT2D eigenvalue weighted by Crippen LogP contribution is -2.02. The Labute approximate surface area is 92.1 Å². The Bertz CT molecular complexity index is 303. The summed E-state index contributed by atoms with van der Waals surface area (Å²) >= 11 is 0. The van der Waals surface area contributed by atoms with E-state index in [2.05, 4.69) is 18.5 Å². The summed E-state index contributed by atoms with van der Waals surface area (Å²) in [7, 11) is -6.00. The molecule has 0 atom stereocenters. The number of rotatable bonds is 4. The minimum atomic E-state index is -6.00. The Morgan fingerprint density at radius 3 is 2.44 bits per heavy atom. The quantitative estimate of drug-likeness (QED) is 0.577. The topological polar surface area (TPSA) is 17.8 Å². The van der Waals surface area contributed by atoms with E-state index in [9.17, 15) is 17.3 Å². The van der Waals surface area contributed by atoms with E-state index < -0.39 is 7.25 Å². The maximum Gasteiger partial charge on any atom is 0.673 e. The molecule has 0 radical (unpaired) electrons. The van der Waals surface area contributed by atoms with Gasteiger partial charge in [-0.3, -0.25) is 0 Å². The van der Waals surface area contributed by atoms with Crippen LogP contribution in [0.25, 0.3) is 6.20 Å². The lowest BCUT2D eigenvalue weighted by Gasteiger charge is -1.99. The second-order valence-corrected chi connectivity index (χ2v) is 3.03. The molecule has 0 fully saturated rings. The summed E-state index contributed by atoms with van der Waals surface area (Å²) in [6.45, 7) is 5.88. The molecular weight excluding hydrogens is 223 g/mol. The third-order valence-corrected chi connectivity index (χ3v) is 1.70. The molecule has 16 heavy (non-hydrogen) atoms. The fourth-order valence-corrected chi connectivity index (χ4v) is 1.04. The maximum absolute atomic E-state index is 9.75. The molecule has 7 heteroatoms. The molecule has 0 aliphatic heterocycles. The highest BCUT2D eigenvalue weighted by Gasteiger charge is 2.20. The molecule has 0 aliphatic carbocycles. The van der Waals surface area contributed by atoms with Crippen molar-refractivity contribution in [3.05, 3.63) is 24.8 Å². The van der Waals surface area contributed by atoms with Crippen molar-refractivity contribution in [2.24, 2.45) is 0 Å². The van der Waals surface area contributed by atoms with Crippen molar-refractivity contribution in [2.45, 2.75) is 26.2 Å². The number of aromatic nitrogens is 2. The molecule has 1 heterocycles. The van der Waals surface area contributed by atoms with Crippen LogP contribution in [0.15, 0.2) is 19.0 Å². The fourth-order valence-electron chi connectivity index (χ4n) is 1.04. The Balaban J connectivity index is 0.000000385. The van der Waals surface area contributed by atoms with E-state index in [0.717, 1.165) is 12.2 Å². The van der Waals surface area contributed by atoms with Crippen molar-refractivity contribution in [3.8, 4) is 0 Å². The van der Waals surface area contributed by atoms with Gasteiger partial charge in [0.1, 0.15) is 5.82 Å². The van der Waals surface area contributed by atoms with Crippen molar-refractivity contribution < 1.29 is 17.3 Å². The highest BCUT2D eigenvalue weighted by molar-refractivity contribution is 6.50. The van der Waals surface area contributed by atoms with Gasteiger partial charge in [0.15, 0.2) is 0 Å². The van der Waals surface area contributed by atoms with E-state index in [4.69, 9.17) is 0 Å². The predicted octanol–water partition coefficient (Wildman–Crippen LogP) is 3.63. The summed E-state index contributed by atoms with van der Waals surface area (Å²) in [6.07, 6.45) is 8.99. The van der Waals surface area contributed by atoms with Crippen LogP contribution in [-0.4, -0.2) is 16.8 Å². The normalized spacial score (nSPS) is 10.6. The molecule has 2 nitrogen and oxygen atoms in total. The van der Waals surface area contributed by atoms with Crippen LogP contribution in [0.1, 0.15) is 25.6 Å². The average Bonchev–Trinajstić information content (AvgIpc) is 2.59. The van der Waals surface area contributed by atoms with Crippen LogP contribution in [0.2, 0.25) is 0 Å². The Kier molecular flexibility index (Phi) is 6.52. The molecule has 0 spiro atoms. The Morgan fingerprint density at radius 2 is 2.00 bits per heavy atom. The van der Waals surface area contributed by atoms with Crippen LogP contribution in [0.3, 0.4) is 0 Å². The van der Waals surface area contributed by atoms with Gasteiger partial charge in [-0.1, -0.05) is 19.9 Å². The maximum atomic E-state index is 9.75. The second kappa shape index (κ2) is 7.08. The van der Waals surface area contributed by atoms with Gasteiger partial charge in [-0.05, 0) is 6.42 Å². The van der Waals surface area contributed by atoms with Crippen LogP contribution in [-0.2, 0) is 6.42 Å². The van der Waals surface area contributed by atoms with Gasteiger partial charge in [0.2, 0.25) is 0 Å². The van der Waals surface area contributed by atoms with Gasteiger partial charge < -0.3 is 21.8 Å². The molecule has 1 aromatic heterocycles.